The van der Waals surface area contributed by atoms with Crippen molar-refractivity contribution in [2.75, 3.05) is 0 Å². The lowest BCUT2D eigenvalue weighted by Gasteiger charge is -2.00. The predicted molar refractivity (Wildman–Crippen MR) is 79.0 cm³/mol. The molecule has 1 atom stereocenters. The number of unbranched alkanes of at least 4 members (excludes halogenated alkanes) is 2. The second-order valence-electron chi connectivity index (χ2n) is 3.75. The lowest BCUT2D eigenvalue weighted by molar-refractivity contribution is 0.181. The highest BCUT2D eigenvalue weighted by molar-refractivity contribution is 6.25. The number of rotatable bonds is 6. The molecule has 0 aromatic carbocycles. The van der Waals surface area contributed by atoms with E-state index >= 15 is 0 Å². The van der Waals surface area contributed by atoms with Gasteiger partial charge in [0.1, 0.15) is 0 Å². The Balaban J connectivity index is 3.63. The summed E-state index contributed by atoms with van der Waals surface area (Å²) in [5.41, 5.74) is 1.42. The summed E-state index contributed by atoms with van der Waals surface area (Å²) in [6.07, 6.45) is 12.8. The predicted octanol–water partition coefficient (Wildman–Crippen LogP) is 3.80. The summed E-state index contributed by atoms with van der Waals surface area (Å²) in [6.45, 7) is 1.82. The number of aliphatic hydroxyl groups is 1. The minimum atomic E-state index is -0.189. The van der Waals surface area contributed by atoms with E-state index in [1.165, 1.54) is 5.54 Å². The Morgan fingerprint density at radius 1 is 1.11 bits per heavy atom. The molecule has 0 saturated carbocycles. The standard InChI is InChI=1S/C16H19ClO/c1-16(18)14-12-10-8-6-4-2-3-5-7-9-11-13-15-17/h4,6,9,11,13,15-16,18H,8,10,12,14H2,1H3/b6-4-,11-9-,15-13-/t16-/m0/s1. The van der Waals surface area contributed by atoms with Gasteiger partial charge in [0.2, 0.25) is 0 Å². The van der Waals surface area contributed by atoms with Gasteiger partial charge in [-0.25, -0.2) is 0 Å². The Kier molecular flexibility index (Phi) is 12.6. The first-order valence-corrected chi connectivity index (χ1v) is 6.47. The van der Waals surface area contributed by atoms with Crippen molar-refractivity contribution in [1.29, 1.82) is 0 Å². The molecule has 96 valence electrons. The Bertz CT molecular complexity index is 394. The Labute approximate surface area is 115 Å². The SMILES string of the molecule is C[C@H](O)CCCC/C=C\C#CC#C/C=C\C=C/Cl. The van der Waals surface area contributed by atoms with E-state index in [1.54, 1.807) is 18.2 Å². The van der Waals surface area contributed by atoms with Crippen LogP contribution in [0.1, 0.15) is 32.6 Å². The van der Waals surface area contributed by atoms with Gasteiger partial charge in [0.05, 0.1) is 6.10 Å². The van der Waals surface area contributed by atoms with Crippen molar-refractivity contribution in [3.8, 4) is 23.7 Å². The summed E-state index contributed by atoms with van der Waals surface area (Å²) < 4.78 is 0. The van der Waals surface area contributed by atoms with Crippen LogP contribution >= 0.6 is 11.6 Å². The highest BCUT2D eigenvalue weighted by Crippen LogP contribution is 2.03. The summed E-state index contributed by atoms with van der Waals surface area (Å²) in [5, 5.41) is 9.06. The molecule has 0 fully saturated rings. The molecule has 0 aliphatic carbocycles. The smallest absolute Gasteiger partial charge is 0.0512 e. The molecule has 0 saturated heterocycles. The van der Waals surface area contributed by atoms with E-state index in [9.17, 15) is 0 Å². The zero-order chi connectivity index (χ0) is 13.5. The van der Waals surface area contributed by atoms with E-state index in [2.05, 4.69) is 23.7 Å². The van der Waals surface area contributed by atoms with Crippen LogP contribution in [0, 0.1) is 23.7 Å². The summed E-state index contributed by atoms with van der Waals surface area (Å²) >= 11 is 5.32. The lowest BCUT2D eigenvalue weighted by Crippen LogP contribution is -1.97. The first-order valence-electron chi connectivity index (χ1n) is 6.03. The minimum Gasteiger partial charge on any atom is -0.393 e. The number of aliphatic hydroxyl groups excluding tert-OH is 1. The van der Waals surface area contributed by atoms with E-state index in [0.717, 1.165) is 25.7 Å². The topological polar surface area (TPSA) is 20.2 Å². The quantitative estimate of drug-likeness (QED) is 0.439. The molecule has 0 amide bonds. The minimum absolute atomic E-state index is 0.189. The molecule has 0 heterocycles. The third kappa shape index (κ3) is 14.6. The van der Waals surface area contributed by atoms with Crippen LogP contribution in [0.4, 0.5) is 0 Å². The number of halogens is 1. The Morgan fingerprint density at radius 3 is 2.50 bits per heavy atom. The molecule has 1 N–H and O–H groups in total. The van der Waals surface area contributed by atoms with Crippen LogP contribution in [0.3, 0.4) is 0 Å². The number of hydrogen-bond acceptors (Lipinski definition) is 1. The first-order chi connectivity index (χ1) is 8.77. The molecule has 0 aromatic heterocycles. The zero-order valence-electron chi connectivity index (χ0n) is 10.7. The summed E-state index contributed by atoms with van der Waals surface area (Å²) in [4.78, 5) is 0. The van der Waals surface area contributed by atoms with Crippen LogP contribution in [-0.4, -0.2) is 11.2 Å². The highest BCUT2D eigenvalue weighted by Gasteiger charge is 1.93. The average Bonchev–Trinajstić information content (AvgIpc) is 2.34. The van der Waals surface area contributed by atoms with E-state index in [4.69, 9.17) is 16.7 Å². The number of hydrogen-bond donors (Lipinski definition) is 1. The van der Waals surface area contributed by atoms with Gasteiger partial charge in [-0.1, -0.05) is 48.1 Å². The first kappa shape index (κ1) is 16.6. The van der Waals surface area contributed by atoms with Gasteiger partial charge < -0.3 is 5.11 Å². The second-order valence-corrected chi connectivity index (χ2v) is 4.00. The molecule has 0 bridgehead atoms. The van der Waals surface area contributed by atoms with Crippen LogP contribution in [0.5, 0.6) is 0 Å². The van der Waals surface area contributed by atoms with Gasteiger partial charge in [-0.05, 0) is 50.2 Å². The van der Waals surface area contributed by atoms with Crippen LogP contribution < -0.4 is 0 Å². The monoisotopic (exact) mass is 262 g/mol. The van der Waals surface area contributed by atoms with Gasteiger partial charge in [-0.3, -0.25) is 0 Å². The van der Waals surface area contributed by atoms with Crippen molar-refractivity contribution < 1.29 is 5.11 Å². The molecule has 2 heteroatoms. The lowest BCUT2D eigenvalue weighted by atomic mass is 10.1. The van der Waals surface area contributed by atoms with Gasteiger partial charge in [-0.2, -0.15) is 0 Å². The maximum absolute atomic E-state index is 9.06. The fourth-order valence-corrected chi connectivity index (χ4v) is 1.23. The fourth-order valence-electron chi connectivity index (χ4n) is 1.15. The molecule has 0 aliphatic heterocycles. The van der Waals surface area contributed by atoms with Crippen molar-refractivity contribution in [3.63, 3.8) is 0 Å². The molecule has 0 rings (SSSR count). The maximum Gasteiger partial charge on any atom is 0.0512 e. The molecular formula is C16H19ClO. The van der Waals surface area contributed by atoms with Crippen molar-refractivity contribution in [1.82, 2.24) is 0 Å². The van der Waals surface area contributed by atoms with E-state index in [0.29, 0.717) is 0 Å². The molecule has 0 unspecified atom stereocenters. The van der Waals surface area contributed by atoms with Crippen molar-refractivity contribution in [2.45, 2.75) is 38.7 Å². The fraction of sp³-hybridized carbons (Fsp3) is 0.375. The van der Waals surface area contributed by atoms with Crippen LogP contribution in [0.15, 0.2) is 35.9 Å². The van der Waals surface area contributed by atoms with Crippen molar-refractivity contribution >= 4 is 11.6 Å². The Hall–Kier alpha value is -1.41. The third-order valence-electron chi connectivity index (χ3n) is 2.01. The molecule has 1 nitrogen and oxygen atoms in total. The Morgan fingerprint density at radius 2 is 1.83 bits per heavy atom. The maximum atomic E-state index is 9.06. The third-order valence-corrected chi connectivity index (χ3v) is 2.16. The highest BCUT2D eigenvalue weighted by atomic mass is 35.5. The summed E-state index contributed by atoms with van der Waals surface area (Å²) in [7, 11) is 0. The molecule has 18 heavy (non-hydrogen) atoms. The van der Waals surface area contributed by atoms with Crippen molar-refractivity contribution in [2.24, 2.45) is 0 Å². The van der Waals surface area contributed by atoms with Crippen LogP contribution in [0.2, 0.25) is 0 Å². The average molecular weight is 263 g/mol. The normalized spacial score (nSPS) is 12.4. The molecular weight excluding hydrogens is 244 g/mol. The van der Waals surface area contributed by atoms with Gasteiger partial charge in [0.25, 0.3) is 0 Å². The molecule has 0 aromatic rings. The summed E-state index contributed by atoms with van der Waals surface area (Å²) in [5.74, 6) is 11.0. The molecule has 0 spiro atoms. The second kappa shape index (κ2) is 13.7. The van der Waals surface area contributed by atoms with Crippen molar-refractivity contribution in [3.05, 3.63) is 35.9 Å². The number of allylic oxidation sites excluding steroid dienone is 5. The largest absolute Gasteiger partial charge is 0.393 e. The van der Waals surface area contributed by atoms with Gasteiger partial charge in [0.15, 0.2) is 0 Å². The molecule has 0 radical (unpaired) electrons. The van der Waals surface area contributed by atoms with E-state index < -0.39 is 0 Å². The summed E-state index contributed by atoms with van der Waals surface area (Å²) in [6, 6.07) is 0. The van der Waals surface area contributed by atoms with E-state index in [-0.39, 0.29) is 6.10 Å². The van der Waals surface area contributed by atoms with Gasteiger partial charge in [0, 0.05) is 5.54 Å². The van der Waals surface area contributed by atoms with Gasteiger partial charge >= 0.3 is 0 Å². The van der Waals surface area contributed by atoms with Gasteiger partial charge in [-0.15, -0.1) is 0 Å². The van der Waals surface area contributed by atoms with E-state index in [1.807, 2.05) is 19.1 Å². The van der Waals surface area contributed by atoms with Crippen LogP contribution in [0.25, 0.3) is 0 Å². The molecule has 0 aliphatic rings. The van der Waals surface area contributed by atoms with Crippen LogP contribution in [-0.2, 0) is 0 Å². The zero-order valence-corrected chi connectivity index (χ0v) is 11.5.